The van der Waals surface area contributed by atoms with E-state index in [0.29, 0.717) is 33.5 Å². The molecule has 1 unspecified atom stereocenters. The largest absolute Gasteiger partial charge is 0.352 e. The maximum atomic E-state index is 13.1. The highest BCUT2D eigenvalue weighted by atomic mass is 32.2. The summed E-state index contributed by atoms with van der Waals surface area (Å²) in [4.78, 5) is 48.7. The minimum atomic E-state index is -0.932. The van der Waals surface area contributed by atoms with Gasteiger partial charge >= 0.3 is 0 Å². The van der Waals surface area contributed by atoms with Gasteiger partial charge in [-0.15, -0.1) is 0 Å². The van der Waals surface area contributed by atoms with Gasteiger partial charge in [-0.3, -0.25) is 19.3 Å². The van der Waals surface area contributed by atoms with Crippen LogP contribution in [-0.2, 0) is 20.9 Å². The maximum absolute atomic E-state index is 13.1. The molecule has 2 aliphatic heterocycles. The molecule has 192 valence electrons. The number of nitrogens with zero attached hydrogens (tertiary/aromatic N) is 3. The van der Waals surface area contributed by atoms with Crippen LogP contribution in [0.25, 0.3) is 0 Å². The van der Waals surface area contributed by atoms with Crippen molar-refractivity contribution in [3.05, 3.63) is 95.6 Å². The van der Waals surface area contributed by atoms with Gasteiger partial charge in [0, 0.05) is 17.8 Å². The molecule has 2 heterocycles. The van der Waals surface area contributed by atoms with Crippen LogP contribution in [0.15, 0.2) is 82.8 Å². The second-order valence-corrected chi connectivity index (χ2v) is 9.46. The molecule has 1 atom stereocenters. The van der Waals surface area contributed by atoms with E-state index in [1.54, 1.807) is 41.3 Å². The van der Waals surface area contributed by atoms with Crippen LogP contribution in [0, 0.1) is 11.6 Å². The molecule has 0 saturated carbocycles. The highest BCUT2D eigenvalue weighted by Gasteiger charge is 2.42. The Morgan fingerprint density at radius 3 is 2.32 bits per heavy atom. The van der Waals surface area contributed by atoms with Gasteiger partial charge in [-0.1, -0.05) is 36.0 Å². The number of thioether (sulfide) groups is 1. The smallest absolute Gasteiger partial charge is 0.271 e. The number of benzene rings is 3. The minimum absolute atomic E-state index is 0.0418. The Morgan fingerprint density at radius 1 is 0.895 bits per heavy atom. The predicted molar refractivity (Wildman–Crippen MR) is 141 cm³/mol. The Hall–Kier alpha value is -4.38. The molecule has 0 saturated heterocycles. The first-order valence-corrected chi connectivity index (χ1v) is 12.6. The normalized spacial score (nSPS) is 15.8. The molecular formula is C27H21F2N5O3S. The molecule has 8 nitrogen and oxygen atoms in total. The molecule has 0 spiro atoms. The van der Waals surface area contributed by atoms with Crippen LogP contribution < -0.4 is 10.6 Å². The third-order valence-corrected chi connectivity index (χ3v) is 6.80. The number of nitrogens with one attached hydrogen (secondary N) is 2. The highest BCUT2D eigenvalue weighted by Crippen LogP contribution is 2.35. The highest BCUT2D eigenvalue weighted by molar-refractivity contribution is 8.14. The maximum Gasteiger partial charge on any atom is 0.271 e. The Kier molecular flexibility index (Phi) is 7.27. The summed E-state index contributed by atoms with van der Waals surface area (Å²) >= 11 is 1.10. The van der Waals surface area contributed by atoms with Crippen molar-refractivity contribution < 1.29 is 23.2 Å². The van der Waals surface area contributed by atoms with E-state index in [9.17, 15) is 23.2 Å². The average molecular weight is 534 g/mol. The summed E-state index contributed by atoms with van der Waals surface area (Å²) in [6.07, 6.45) is -0.184. The fourth-order valence-electron chi connectivity index (χ4n) is 4.01. The van der Waals surface area contributed by atoms with E-state index in [4.69, 9.17) is 0 Å². The lowest BCUT2D eigenvalue weighted by Crippen LogP contribution is -2.46. The average Bonchev–Trinajstić information content (AvgIpc) is 3.24. The number of anilines is 1. The van der Waals surface area contributed by atoms with Crippen molar-refractivity contribution in [2.75, 3.05) is 11.1 Å². The molecule has 3 aromatic carbocycles. The fourth-order valence-corrected chi connectivity index (χ4v) is 4.86. The van der Waals surface area contributed by atoms with Gasteiger partial charge in [0.1, 0.15) is 23.5 Å². The van der Waals surface area contributed by atoms with E-state index < -0.39 is 17.8 Å². The number of para-hydroxylation sites is 1. The first-order valence-electron chi connectivity index (χ1n) is 11.7. The Morgan fingerprint density at radius 2 is 1.58 bits per heavy atom. The van der Waals surface area contributed by atoms with Crippen molar-refractivity contribution in [1.29, 1.82) is 0 Å². The number of amides is 3. The van der Waals surface area contributed by atoms with E-state index in [0.717, 1.165) is 11.8 Å². The summed E-state index contributed by atoms with van der Waals surface area (Å²) in [5.41, 5.74) is 2.40. The minimum Gasteiger partial charge on any atom is -0.352 e. The summed E-state index contributed by atoms with van der Waals surface area (Å²) in [5, 5.41) is 5.80. The lowest BCUT2D eigenvalue weighted by atomic mass is 10.1. The molecule has 5 rings (SSSR count). The molecule has 0 radical (unpaired) electrons. The van der Waals surface area contributed by atoms with E-state index in [1.165, 1.54) is 36.4 Å². The second-order valence-electron chi connectivity index (χ2n) is 8.52. The number of hydrogen-bond acceptors (Lipinski definition) is 6. The topological polar surface area (TPSA) is 103 Å². The lowest BCUT2D eigenvalue weighted by molar-refractivity contribution is -0.126. The number of carbonyl (C=O) groups is 3. The number of halogens is 2. The molecule has 0 aromatic heterocycles. The number of carbonyl (C=O) groups excluding carboxylic acids is 3. The standard InChI is InChI=1S/C27H21F2N5O3S/c28-17-7-5-16(6-8-17)14-30-23(35)13-22-26(37)33-25-20-3-1-2-4-21(20)32-27(34(22)25)38-15-24(36)31-19-11-9-18(29)10-12-19/h1-12,22H,13-15H2,(H,30,35)(H,31,36). The summed E-state index contributed by atoms with van der Waals surface area (Å²) in [6, 6.07) is 17.4. The van der Waals surface area contributed by atoms with E-state index in [1.807, 2.05) is 0 Å². The number of amidine groups is 2. The van der Waals surface area contributed by atoms with Crippen LogP contribution in [0.1, 0.15) is 17.5 Å². The number of hydrogen-bond donors (Lipinski definition) is 2. The SMILES string of the molecule is O=C(CC1C(=O)N=C2c3ccccc3N=C(SCC(=O)Nc3ccc(F)cc3)N21)NCc1ccc(F)cc1. The van der Waals surface area contributed by atoms with Crippen LogP contribution in [0.5, 0.6) is 0 Å². The van der Waals surface area contributed by atoms with E-state index >= 15 is 0 Å². The van der Waals surface area contributed by atoms with Crippen molar-refractivity contribution >= 4 is 51.9 Å². The Labute approximate surface area is 220 Å². The number of aliphatic imine (C=N–C) groups is 2. The van der Waals surface area contributed by atoms with Crippen LogP contribution in [0.4, 0.5) is 20.2 Å². The van der Waals surface area contributed by atoms with E-state index in [-0.39, 0.29) is 36.4 Å². The molecule has 38 heavy (non-hydrogen) atoms. The van der Waals surface area contributed by atoms with E-state index in [2.05, 4.69) is 20.6 Å². The van der Waals surface area contributed by atoms with Crippen LogP contribution in [0.2, 0.25) is 0 Å². The molecular weight excluding hydrogens is 512 g/mol. The van der Waals surface area contributed by atoms with Crippen LogP contribution >= 0.6 is 11.8 Å². The zero-order valence-corrected chi connectivity index (χ0v) is 20.7. The number of rotatable bonds is 7. The zero-order valence-electron chi connectivity index (χ0n) is 19.9. The summed E-state index contributed by atoms with van der Waals surface area (Å²) in [5.74, 6) is -1.67. The van der Waals surface area contributed by atoms with Gasteiger partial charge < -0.3 is 10.6 Å². The zero-order chi connectivity index (χ0) is 26.6. The van der Waals surface area contributed by atoms with Gasteiger partial charge in [0.25, 0.3) is 5.91 Å². The fraction of sp³-hybridized carbons (Fsp3) is 0.148. The molecule has 2 N–H and O–H groups in total. The van der Waals surface area contributed by atoms with Crippen molar-refractivity contribution in [3.63, 3.8) is 0 Å². The Balaban J connectivity index is 1.30. The molecule has 3 amide bonds. The van der Waals surface area contributed by atoms with Crippen molar-refractivity contribution in [1.82, 2.24) is 10.2 Å². The lowest BCUT2D eigenvalue weighted by Gasteiger charge is -2.30. The van der Waals surface area contributed by atoms with Gasteiger partial charge in [-0.25, -0.2) is 13.8 Å². The third-order valence-electron chi connectivity index (χ3n) is 5.85. The summed E-state index contributed by atoms with van der Waals surface area (Å²) in [7, 11) is 0. The molecule has 0 aliphatic carbocycles. The first-order chi connectivity index (χ1) is 18.4. The van der Waals surface area contributed by atoms with Crippen LogP contribution in [-0.4, -0.2) is 45.4 Å². The van der Waals surface area contributed by atoms with Crippen molar-refractivity contribution in [3.8, 4) is 0 Å². The van der Waals surface area contributed by atoms with Crippen molar-refractivity contribution in [2.24, 2.45) is 9.98 Å². The first kappa shape index (κ1) is 25.3. The monoisotopic (exact) mass is 533 g/mol. The molecule has 11 heteroatoms. The van der Waals surface area contributed by atoms with Crippen LogP contribution in [0.3, 0.4) is 0 Å². The second kappa shape index (κ2) is 10.9. The Bertz CT molecular complexity index is 1460. The molecule has 0 fully saturated rings. The van der Waals surface area contributed by atoms with Crippen molar-refractivity contribution in [2.45, 2.75) is 19.0 Å². The van der Waals surface area contributed by atoms with Gasteiger partial charge in [0.05, 0.1) is 17.9 Å². The molecule has 3 aromatic rings. The van der Waals surface area contributed by atoms with Gasteiger partial charge in [-0.05, 0) is 54.1 Å². The third kappa shape index (κ3) is 5.62. The number of fused-ring (bicyclic) bond motifs is 3. The molecule has 0 bridgehead atoms. The predicted octanol–water partition coefficient (Wildman–Crippen LogP) is 4.00. The summed E-state index contributed by atoms with van der Waals surface area (Å²) < 4.78 is 26.3. The molecule has 2 aliphatic rings. The van der Waals surface area contributed by atoms with Gasteiger partial charge in [-0.2, -0.15) is 4.99 Å². The quantitative estimate of drug-likeness (QED) is 0.478. The summed E-state index contributed by atoms with van der Waals surface area (Å²) in [6.45, 7) is 0.176. The van der Waals surface area contributed by atoms with Gasteiger partial charge in [0.2, 0.25) is 11.8 Å². The van der Waals surface area contributed by atoms with Gasteiger partial charge in [0.15, 0.2) is 5.17 Å².